The van der Waals surface area contributed by atoms with E-state index in [2.05, 4.69) is 28.7 Å². The van der Waals surface area contributed by atoms with Crippen molar-refractivity contribution in [2.24, 2.45) is 0 Å². The maximum atomic E-state index is 13.2. The zero-order valence-electron chi connectivity index (χ0n) is 22.3. The Bertz CT molecular complexity index is 1260. The Kier molecular flexibility index (Phi) is 8.44. The minimum Gasteiger partial charge on any atom is -0.378 e. The van der Waals surface area contributed by atoms with Gasteiger partial charge in [-0.25, -0.2) is 9.97 Å². The molecule has 38 heavy (non-hydrogen) atoms. The van der Waals surface area contributed by atoms with Gasteiger partial charge >= 0.3 is 0 Å². The van der Waals surface area contributed by atoms with Crippen LogP contribution in [-0.4, -0.2) is 53.2 Å². The molecule has 1 aromatic carbocycles. The summed E-state index contributed by atoms with van der Waals surface area (Å²) in [5.41, 5.74) is 6.58. The van der Waals surface area contributed by atoms with Gasteiger partial charge in [0.1, 0.15) is 0 Å². The quantitative estimate of drug-likeness (QED) is 0.437. The van der Waals surface area contributed by atoms with Crippen molar-refractivity contribution in [2.75, 3.05) is 31.2 Å². The molecular formula is C31H37N5O2. The van der Waals surface area contributed by atoms with Gasteiger partial charge in [-0.2, -0.15) is 0 Å². The number of pyridine rings is 1. The van der Waals surface area contributed by atoms with Crippen molar-refractivity contribution in [1.82, 2.24) is 20.3 Å². The van der Waals surface area contributed by atoms with Crippen molar-refractivity contribution in [3.8, 4) is 11.3 Å². The molecule has 2 aromatic heterocycles. The van der Waals surface area contributed by atoms with E-state index in [1.165, 1.54) is 19.3 Å². The van der Waals surface area contributed by atoms with Crippen LogP contribution in [-0.2, 0) is 11.2 Å². The largest absolute Gasteiger partial charge is 0.378 e. The Hall–Kier alpha value is -3.58. The fraction of sp³-hybridized carbons (Fsp3) is 0.419. The fourth-order valence-electron chi connectivity index (χ4n) is 5.34. The van der Waals surface area contributed by atoms with E-state index < -0.39 is 0 Å². The summed E-state index contributed by atoms with van der Waals surface area (Å²) < 4.78 is 5.54. The molecular weight excluding hydrogens is 474 g/mol. The van der Waals surface area contributed by atoms with E-state index in [0.717, 1.165) is 72.4 Å². The van der Waals surface area contributed by atoms with Gasteiger partial charge in [0.15, 0.2) is 0 Å². The highest BCUT2D eigenvalue weighted by molar-refractivity contribution is 5.95. The maximum Gasteiger partial charge on any atom is 0.251 e. The number of hydrogen-bond donors (Lipinski definition) is 1. The molecule has 1 saturated heterocycles. The number of benzene rings is 1. The van der Waals surface area contributed by atoms with Gasteiger partial charge in [-0.1, -0.05) is 44.0 Å². The lowest BCUT2D eigenvalue weighted by Gasteiger charge is -2.28. The molecule has 1 amide bonds. The van der Waals surface area contributed by atoms with Crippen LogP contribution in [0.2, 0.25) is 0 Å². The highest BCUT2D eigenvalue weighted by Gasteiger charge is 2.21. The molecule has 0 bridgehead atoms. The van der Waals surface area contributed by atoms with Crippen molar-refractivity contribution in [3.63, 3.8) is 0 Å². The lowest BCUT2D eigenvalue weighted by molar-refractivity contribution is 0.0927. The molecule has 1 N–H and O–H groups in total. The van der Waals surface area contributed by atoms with Gasteiger partial charge in [0.05, 0.1) is 18.9 Å². The molecule has 0 atom stereocenters. The zero-order valence-corrected chi connectivity index (χ0v) is 22.3. The average Bonchev–Trinajstić information content (AvgIpc) is 2.97. The van der Waals surface area contributed by atoms with Crippen LogP contribution in [0.25, 0.3) is 16.8 Å². The van der Waals surface area contributed by atoms with E-state index in [1.807, 2.05) is 42.6 Å². The summed E-state index contributed by atoms with van der Waals surface area (Å²) in [5, 5.41) is 3.25. The lowest BCUT2D eigenvalue weighted by atomic mass is 9.94. The third-order valence-electron chi connectivity index (χ3n) is 7.58. The minimum atomic E-state index is -0.00978. The Labute approximate surface area is 225 Å². The summed E-state index contributed by atoms with van der Waals surface area (Å²) in [6, 6.07) is 12.1. The standard InChI is InChI=1S/C31H37N5O2/c1-22(26-10-7-15-32-21-26)13-14-28-23(2)33-31(36-16-18-38-19-17-36)35-29(28)24-8-6-9-25(20-24)30(37)34-27-11-4-3-5-12-27/h6-10,15,20-21,27H,1,3-5,11-14,16-19H2,2H3,(H,34,37). The van der Waals surface area contributed by atoms with Gasteiger partial charge in [0.2, 0.25) is 5.95 Å². The van der Waals surface area contributed by atoms with Crippen LogP contribution in [0.1, 0.15) is 65.7 Å². The SMILES string of the molecule is C=C(CCc1c(C)nc(N2CCOCC2)nc1-c1cccc(C(=O)NC2CCCCC2)c1)c1cccnc1. The van der Waals surface area contributed by atoms with Gasteiger partial charge < -0.3 is 15.0 Å². The summed E-state index contributed by atoms with van der Waals surface area (Å²) in [6.45, 7) is 9.22. The molecule has 0 unspecified atom stereocenters. The fourth-order valence-corrected chi connectivity index (χ4v) is 5.34. The Morgan fingerprint density at radius 2 is 1.87 bits per heavy atom. The van der Waals surface area contributed by atoms with E-state index in [-0.39, 0.29) is 11.9 Å². The highest BCUT2D eigenvalue weighted by Crippen LogP contribution is 2.30. The predicted octanol–water partition coefficient (Wildman–Crippen LogP) is 5.39. The van der Waals surface area contributed by atoms with Crippen LogP contribution in [0.15, 0.2) is 55.4 Å². The van der Waals surface area contributed by atoms with Gasteiger partial charge in [0, 0.05) is 53.9 Å². The van der Waals surface area contributed by atoms with Crippen molar-refractivity contribution in [2.45, 2.75) is 57.9 Å². The number of hydrogen-bond acceptors (Lipinski definition) is 6. The number of nitrogens with zero attached hydrogens (tertiary/aromatic N) is 4. The number of amides is 1. The van der Waals surface area contributed by atoms with Gasteiger partial charge in [-0.15, -0.1) is 0 Å². The van der Waals surface area contributed by atoms with E-state index in [4.69, 9.17) is 14.7 Å². The van der Waals surface area contributed by atoms with Gasteiger partial charge in [0.25, 0.3) is 5.91 Å². The third kappa shape index (κ3) is 6.27. The lowest BCUT2D eigenvalue weighted by Crippen LogP contribution is -2.37. The number of carbonyl (C=O) groups excluding carboxylic acids is 1. The minimum absolute atomic E-state index is 0.00978. The number of carbonyl (C=O) groups is 1. The first-order valence-electron chi connectivity index (χ1n) is 13.8. The number of ether oxygens (including phenoxy) is 1. The molecule has 7 heteroatoms. The Morgan fingerprint density at radius 3 is 2.63 bits per heavy atom. The number of nitrogens with one attached hydrogen (secondary N) is 1. The molecule has 2 fully saturated rings. The molecule has 7 nitrogen and oxygen atoms in total. The average molecular weight is 512 g/mol. The summed E-state index contributed by atoms with van der Waals surface area (Å²) >= 11 is 0. The first kappa shape index (κ1) is 26.0. The van der Waals surface area contributed by atoms with E-state index in [9.17, 15) is 4.79 Å². The second kappa shape index (κ2) is 12.3. The molecule has 0 radical (unpaired) electrons. The second-order valence-electron chi connectivity index (χ2n) is 10.3. The molecule has 3 aromatic rings. The first-order valence-corrected chi connectivity index (χ1v) is 13.8. The van der Waals surface area contributed by atoms with E-state index >= 15 is 0 Å². The van der Waals surface area contributed by atoms with Crippen LogP contribution in [0, 0.1) is 6.92 Å². The van der Waals surface area contributed by atoms with Crippen LogP contribution in [0.4, 0.5) is 5.95 Å². The zero-order chi connectivity index (χ0) is 26.3. The summed E-state index contributed by atoms with van der Waals surface area (Å²) in [7, 11) is 0. The third-order valence-corrected chi connectivity index (χ3v) is 7.58. The summed E-state index contributed by atoms with van der Waals surface area (Å²) in [4.78, 5) is 29.6. The summed E-state index contributed by atoms with van der Waals surface area (Å²) in [5.74, 6) is 0.706. The van der Waals surface area contributed by atoms with Crippen LogP contribution in [0.5, 0.6) is 0 Å². The normalized spacial score (nSPS) is 16.3. The maximum absolute atomic E-state index is 13.2. The first-order chi connectivity index (χ1) is 18.6. The topological polar surface area (TPSA) is 80.2 Å². The monoisotopic (exact) mass is 511 g/mol. The second-order valence-corrected chi connectivity index (χ2v) is 10.3. The summed E-state index contributed by atoms with van der Waals surface area (Å²) in [6.07, 6.45) is 10.9. The highest BCUT2D eigenvalue weighted by atomic mass is 16.5. The molecule has 1 aliphatic carbocycles. The molecule has 0 spiro atoms. The molecule has 1 saturated carbocycles. The molecule has 1 aliphatic heterocycles. The number of aryl methyl sites for hydroxylation is 1. The van der Waals surface area contributed by atoms with Crippen molar-refractivity contribution >= 4 is 17.4 Å². The van der Waals surface area contributed by atoms with Crippen molar-refractivity contribution < 1.29 is 9.53 Å². The van der Waals surface area contributed by atoms with Crippen molar-refractivity contribution in [1.29, 1.82) is 0 Å². The Morgan fingerprint density at radius 1 is 1.08 bits per heavy atom. The van der Waals surface area contributed by atoms with Crippen molar-refractivity contribution in [3.05, 3.63) is 77.8 Å². The number of aromatic nitrogens is 3. The van der Waals surface area contributed by atoms with Crippen LogP contribution < -0.4 is 10.2 Å². The van der Waals surface area contributed by atoms with E-state index in [1.54, 1.807) is 6.20 Å². The predicted molar refractivity (Wildman–Crippen MR) is 151 cm³/mol. The molecule has 3 heterocycles. The van der Waals surface area contributed by atoms with Gasteiger partial charge in [-0.3, -0.25) is 9.78 Å². The number of allylic oxidation sites excluding steroid dienone is 1. The number of rotatable bonds is 8. The Balaban J connectivity index is 1.45. The van der Waals surface area contributed by atoms with Crippen LogP contribution >= 0.6 is 0 Å². The molecule has 5 rings (SSSR count). The molecule has 198 valence electrons. The van der Waals surface area contributed by atoms with Gasteiger partial charge in [-0.05, 0) is 61.9 Å². The molecule has 2 aliphatic rings. The number of anilines is 1. The number of morpholine rings is 1. The van der Waals surface area contributed by atoms with E-state index in [0.29, 0.717) is 24.7 Å². The van der Waals surface area contributed by atoms with Crippen LogP contribution in [0.3, 0.4) is 0 Å². The smallest absolute Gasteiger partial charge is 0.251 e.